The third-order valence-corrected chi connectivity index (χ3v) is 2.67. The summed E-state index contributed by atoms with van der Waals surface area (Å²) in [5, 5.41) is 11.9. The highest BCUT2D eigenvalue weighted by Crippen LogP contribution is 2.23. The van der Waals surface area contributed by atoms with Crippen LogP contribution in [0.15, 0.2) is 18.2 Å². The summed E-state index contributed by atoms with van der Waals surface area (Å²) in [4.78, 5) is 22.0. The van der Waals surface area contributed by atoms with Crippen molar-refractivity contribution in [1.82, 2.24) is 5.32 Å². The Morgan fingerprint density at radius 2 is 1.89 bits per heavy atom. The van der Waals surface area contributed by atoms with Crippen LogP contribution in [0, 0.1) is 5.92 Å². The van der Waals surface area contributed by atoms with Crippen LogP contribution in [-0.4, -0.2) is 30.1 Å². The zero-order chi connectivity index (χ0) is 14.4. The van der Waals surface area contributed by atoms with Gasteiger partial charge in [-0.15, -0.1) is 0 Å². The number of halogens is 2. The number of rotatable bonds is 6. The summed E-state index contributed by atoms with van der Waals surface area (Å²) < 4.78 is 5.19. The molecule has 2 N–H and O–H groups in total. The average Bonchev–Trinajstić information content (AvgIpc) is 2.32. The Kier molecular flexibility index (Phi) is 5.92. The molecule has 104 valence electrons. The first-order chi connectivity index (χ1) is 8.88. The van der Waals surface area contributed by atoms with E-state index in [1.807, 2.05) is 0 Å². The van der Waals surface area contributed by atoms with Crippen molar-refractivity contribution in [3.8, 4) is 5.75 Å². The summed E-state index contributed by atoms with van der Waals surface area (Å²) in [6, 6.07) is 4.60. The third-order valence-electron chi connectivity index (χ3n) is 2.23. The minimum atomic E-state index is -0.970. The van der Waals surface area contributed by atoms with Crippen LogP contribution in [-0.2, 0) is 9.59 Å². The molecular weight excluding hydrogens is 293 g/mol. The first-order valence-corrected chi connectivity index (χ1v) is 6.22. The van der Waals surface area contributed by atoms with Crippen molar-refractivity contribution in [2.45, 2.75) is 6.92 Å². The minimum Gasteiger partial charge on any atom is -0.484 e. The van der Waals surface area contributed by atoms with Crippen LogP contribution in [0.5, 0.6) is 5.75 Å². The van der Waals surface area contributed by atoms with Gasteiger partial charge in [0.15, 0.2) is 6.61 Å². The normalized spacial score (nSPS) is 11.7. The lowest BCUT2D eigenvalue weighted by Crippen LogP contribution is -2.34. The second-order valence-electron chi connectivity index (χ2n) is 3.94. The predicted molar refractivity (Wildman–Crippen MR) is 71.8 cm³/mol. The highest BCUT2D eigenvalue weighted by molar-refractivity contribution is 6.34. The lowest BCUT2D eigenvalue weighted by atomic mass is 10.2. The van der Waals surface area contributed by atoms with Crippen molar-refractivity contribution in [2.75, 3.05) is 13.2 Å². The Hall–Kier alpha value is -1.46. The van der Waals surface area contributed by atoms with Crippen molar-refractivity contribution in [3.05, 3.63) is 28.2 Å². The topological polar surface area (TPSA) is 75.6 Å². The first-order valence-electron chi connectivity index (χ1n) is 5.47. The van der Waals surface area contributed by atoms with Crippen molar-refractivity contribution >= 4 is 35.1 Å². The van der Waals surface area contributed by atoms with Crippen LogP contribution in [0.4, 0.5) is 0 Å². The molecule has 0 fully saturated rings. The molecule has 0 heterocycles. The monoisotopic (exact) mass is 305 g/mol. The highest BCUT2D eigenvalue weighted by Gasteiger charge is 2.12. The zero-order valence-electron chi connectivity index (χ0n) is 10.2. The second kappa shape index (κ2) is 7.21. The maximum atomic E-state index is 11.4. The molecule has 0 radical (unpaired) electrons. The second-order valence-corrected chi connectivity index (χ2v) is 4.81. The molecule has 0 saturated heterocycles. The summed E-state index contributed by atoms with van der Waals surface area (Å²) >= 11 is 11.5. The van der Waals surface area contributed by atoms with Gasteiger partial charge >= 0.3 is 5.97 Å². The van der Waals surface area contributed by atoms with Gasteiger partial charge in [0.25, 0.3) is 5.91 Å². The Morgan fingerprint density at radius 3 is 2.42 bits per heavy atom. The molecule has 7 heteroatoms. The van der Waals surface area contributed by atoms with Crippen LogP contribution in [0.1, 0.15) is 6.92 Å². The molecule has 0 bridgehead atoms. The van der Waals surface area contributed by atoms with Gasteiger partial charge in [-0.1, -0.05) is 30.1 Å². The molecule has 0 aromatic heterocycles. The summed E-state index contributed by atoms with van der Waals surface area (Å²) in [6.07, 6.45) is 0. The van der Waals surface area contributed by atoms with E-state index >= 15 is 0 Å². The van der Waals surface area contributed by atoms with E-state index in [2.05, 4.69) is 5.32 Å². The predicted octanol–water partition coefficient (Wildman–Crippen LogP) is 2.21. The van der Waals surface area contributed by atoms with E-state index in [1.165, 1.54) is 19.1 Å². The number of hydrogen-bond donors (Lipinski definition) is 2. The van der Waals surface area contributed by atoms with E-state index < -0.39 is 17.8 Å². The molecule has 19 heavy (non-hydrogen) atoms. The van der Waals surface area contributed by atoms with Crippen molar-refractivity contribution in [1.29, 1.82) is 0 Å². The molecular formula is C12H13Cl2NO4. The smallest absolute Gasteiger partial charge is 0.308 e. The molecule has 0 aliphatic carbocycles. The van der Waals surface area contributed by atoms with E-state index in [-0.39, 0.29) is 13.2 Å². The number of amides is 1. The lowest BCUT2D eigenvalue weighted by molar-refractivity contribution is -0.141. The van der Waals surface area contributed by atoms with Gasteiger partial charge in [-0.3, -0.25) is 9.59 Å². The SMILES string of the molecule is CC(CNC(=O)COc1cc(Cl)cc(Cl)c1)C(=O)O. The fraction of sp³-hybridized carbons (Fsp3) is 0.333. The molecule has 0 aliphatic heterocycles. The Morgan fingerprint density at radius 1 is 1.32 bits per heavy atom. The Labute approximate surface area is 120 Å². The number of carbonyl (C=O) groups excluding carboxylic acids is 1. The Bertz CT molecular complexity index is 459. The molecule has 1 aromatic rings. The van der Waals surface area contributed by atoms with Crippen LogP contribution < -0.4 is 10.1 Å². The number of aliphatic carboxylic acids is 1. The number of ether oxygens (including phenoxy) is 1. The van der Waals surface area contributed by atoms with E-state index in [1.54, 1.807) is 6.07 Å². The standard InChI is InChI=1S/C12H13Cl2NO4/c1-7(12(17)18)5-15-11(16)6-19-10-3-8(13)2-9(14)4-10/h2-4,7H,5-6H2,1H3,(H,15,16)(H,17,18). The first kappa shape index (κ1) is 15.6. The molecule has 0 aliphatic rings. The van der Waals surface area contributed by atoms with Gasteiger partial charge in [0.2, 0.25) is 0 Å². The van der Waals surface area contributed by atoms with Crippen molar-refractivity contribution in [2.24, 2.45) is 5.92 Å². The van der Waals surface area contributed by atoms with Crippen LogP contribution in [0.2, 0.25) is 10.0 Å². The number of nitrogens with one attached hydrogen (secondary N) is 1. The van der Waals surface area contributed by atoms with Crippen molar-refractivity contribution in [3.63, 3.8) is 0 Å². The molecule has 1 rings (SSSR count). The fourth-order valence-corrected chi connectivity index (χ4v) is 1.67. The summed E-state index contributed by atoms with van der Waals surface area (Å²) in [6.45, 7) is 1.32. The van der Waals surface area contributed by atoms with Crippen molar-refractivity contribution < 1.29 is 19.4 Å². The largest absolute Gasteiger partial charge is 0.484 e. The van der Waals surface area contributed by atoms with Gasteiger partial charge in [0, 0.05) is 16.6 Å². The van der Waals surface area contributed by atoms with E-state index in [4.69, 9.17) is 33.0 Å². The van der Waals surface area contributed by atoms with Gasteiger partial charge in [-0.05, 0) is 18.2 Å². The van der Waals surface area contributed by atoms with E-state index in [9.17, 15) is 9.59 Å². The maximum absolute atomic E-state index is 11.4. The quantitative estimate of drug-likeness (QED) is 0.845. The van der Waals surface area contributed by atoms with Crippen LogP contribution in [0.25, 0.3) is 0 Å². The summed E-state index contributed by atoms with van der Waals surface area (Å²) in [7, 11) is 0. The number of carboxylic acids is 1. The number of benzene rings is 1. The molecule has 1 unspecified atom stereocenters. The van der Waals surface area contributed by atoms with E-state index in [0.717, 1.165) is 0 Å². The van der Waals surface area contributed by atoms with Crippen LogP contribution >= 0.6 is 23.2 Å². The Balaban J connectivity index is 2.39. The van der Waals surface area contributed by atoms with Gasteiger partial charge in [0.1, 0.15) is 5.75 Å². The highest BCUT2D eigenvalue weighted by atomic mass is 35.5. The average molecular weight is 306 g/mol. The zero-order valence-corrected chi connectivity index (χ0v) is 11.7. The lowest BCUT2D eigenvalue weighted by Gasteiger charge is -2.10. The van der Waals surface area contributed by atoms with Gasteiger partial charge in [0.05, 0.1) is 5.92 Å². The van der Waals surface area contributed by atoms with Gasteiger partial charge in [-0.2, -0.15) is 0 Å². The molecule has 0 saturated carbocycles. The number of carbonyl (C=O) groups is 2. The summed E-state index contributed by atoms with van der Waals surface area (Å²) in [5.41, 5.74) is 0. The summed E-state index contributed by atoms with van der Waals surface area (Å²) in [5.74, 6) is -1.66. The van der Waals surface area contributed by atoms with Gasteiger partial charge in [-0.25, -0.2) is 0 Å². The molecule has 0 spiro atoms. The minimum absolute atomic E-state index is 0.0494. The third kappa shape index (κ3) is 5.81. The molecule has 1 amide bonds. The number of carboxylic acid groups (broad SMARTS) is 1. The molecule has 1 atom stereocenters. The van der Waals surface area contributed by atoms with E-state index in [0.29, 0.717) is 15.8 Å². The molecule has 5 nitrogen and oxygen atoms in total. The van der Waals surface area contributed by atoms with Gasteiger partial charge < -0.3 is 15.2 Å². The molecule has 1 aromatic carbocycles. The maximum Gasteiger partial charge on any atom is 0.308 e. The number of hydrogen-bond acceptors (Lipinski definition) is 3. The van der Waals surface area contributed by atoms with Crippen LogP contribution in [0.3, 0.4) is 0 Å². The fourth-order valence-electron chi connectivity index (χ4n) is 1.17.